The third-order valence-corrected chi connectivity index (χ3v) is 4.20. The van der Waals surface area contributed by atoms with Crippen LogP contribution in [-0.2, 0) is 6.42 Å². The van der Waals surface area contributed by atoms with Gasteiger partial charge in [0.05, 0.1) is 25.9 Å². The molecular formula is C21H23N3O4. The SMILES string of the molecule is COc1ncc(-c2ccc(OC[C@H](O)CCc3cccnc3)cc2)c(OC)n1. The maximum Gasteiger partial charge on any atom is 0.319 e. The van der Waals surface area contributed by atoms with Gasteiger partial charge in [-0.25, -0.2) is 4.98 Å². The van der Waals surface area contributed by atoms with Crippen molar-refractivity contribution in [2.45, 2.75) is 18.9 Å². The third-order valence-electron chi connectivity index (χ3n) is 4.20. The summed E-state index contributed by atoms with van der Waals surface area (Å²) >= 11 is 0. The van der Waals surface area contributed by atoms with Crippen molar-refractivity contribution in [2.75, 3.05) is 20.8 Å². The molecule has 2 aromatic heterocycles. The summed E-state index contributed by atoms with van der Waals surface area (Å²) < 4.78 is 16.0. The maximum atomic E-state index is 10.1. The first kappa shape index (κ1) is 19.6. The van der Waals surface area contributed by atoms with Gasteiger partial charge in [-0.3, -0.25) is 4.98 Å². The van der Waals surface area contributed by atoms with E-state index in [-0.39, 0.29) is 12.6 Å². The van der Waals surface area contributed by atoms with E-state index in [4.69, 9.17) is 14.2 Å². The Labute approximate surface area is 164 Å². The van der Waals surface area contributed by atoms with E-state index in [0.717, 1.165) is 23.1 Å². The lowest BCUT2D eigenvalue weighted by Gasteiger charge is -2.13. The van der Waals surface area contributed by atoms with Gasteiger partial charge in [-0.1, -0.05) is 18.2 Å². The predicted molar refractivity (Wildman–Crippen MR) is 105 cm³/mol. The zero-order chi connectivity index (χ0) is 19.8. The Morgan fingerprint density at radius 3 is 2.54 bits per heavy atom. The Bertz CT molecular complexity index is 873. The smallest absolute Gasteiger partial charge is 0.319 e. The summed E-state index contributed by atoms with van der Waals surface area (Å²) in [5.41, 5.74) is 2.75. The number of hydrogen-bond acceptors (Lipinski definition) is 7. The van der Waals surface area contributed by atoms with Crippen molar-refractivity contribution in [3.8, 4) is 28.8 Å². The molecule has 0 aliphatic heterocycles. The van der Waals surface area contributed by atoms with E-state index in [1.807, 2.05) is 42.6 Å². The maximum absolute atomic E-state index is 10.1. The molecule has 0 spiro atoms. The standard InChI is InChI=1S/C21H23N3O4/c1-26-20-19(13-23-21(24-20)27-2)16-6-9-18(10-7-16)28-14-17(25)8-5-15-4-3-11-22-12-15/h3-4,6-7,9-13,17,25H,5,8,14H2,1-2H3/t17-/m1/s1. The van der Waals surface area contributed by atoms with E-state index in [1.165, 1.54) is 7.11 Å². The highest BCUT2D eigenvalue weighted by molar-refractivity contribution is 5.68. The molecule has 1 N–H and O–H groups in total. The van der Waals surface area contributed by atoms with Gasteiger partial charge in [0.1, 0.15) is 12.4 Å². The molecule has 0 amide bonds. The minimum atomic E-state index is -0.546. The summed E-state index contributed by atoms with van der Waals surface area (Å²) in [6.45, 7) is 0.231. The number of aromatic nitrogens is 3. The van der Waals surface area contributed by atoms with Gasteiger partial charge in [0.15, 0.2) is 0 Å². The van der Waals surface area contributed by atoms with Crippen LogP contribution < -0.4 is 14.2 Å². The molecule has 3 aromatic rings. The van der Waals surface area contributed by atoms with Crippen LogP contribution in [0, 0.1) is 0 Å². The van der Waals surface area contributed by atoms with Crippen LogP contribution in [0.1, 0.15) is 12.0 Å². The van der Waals surface area contributed by atoms with E-state index in [1.54, 1.807) is 19.5 Å². The second-order valence-corrected chi connectivity index (χ2v) is 6.17. The zero-order valence-electron chi connectivity index (χ0n) is 15.9. The molecule has 0 saturated carbocycles. The largest absolute Gasteiger partial charge is 0.491 e. The Hall–Kier alpha value is -3.19. The number of aliphatic hydroxyl groups is 1. The van der Waals surface area contributed by atoms with Crippen molar-refractivity contribution in [2.24, 2.45) is 0 Å². The van der Waals surface area contributed by atoms with Gasteiger partial charge >= 0.3 is 6.01 Å². The van der Waals surface area contributed by atoms with Crippen LogP contribution in [0.2, 0.25) is 0 Å². The molecule has 1 atom stereocenters. The van der Waals surface area contributed by atoms with Gasteiger partial charge in [-0.15, -0.1) is 0 Å². The molecule has 0 unspecified atom stereocenters. The average molecular weight is 381 g/mol. The first-order valence-corrected chi connectivity index (χ1v) is 8.95. The van der Waals surface area contributed by atoms with Crippen molar-refractivity contribution in [3.63, 3.8) is 0 Å². The number of ether oxygens (including phenoxy) is 3. The predicted octanol–water partition coefficient (Wildman–Crippen LogP) is 2.93. The second-order valence-electron chi connectivity index (χ2n) is 6.17. The number of aliphatic hydroxyl groups excluding tert-OH is 1. The molecule has 28 heavy (non-hydrogen) atoms. The molecule has 146 valence electrons. The van der Waals surface area contributed by atoms with Crippen LogP contribution in [0.5, 0.6) is 17.6 Å². The van der Waals surface area contributed by atoms with Gasteiger partial charge in [-0.2, -0.15) is 4.98 Å². The first-order valence-electron chi connectivity index (χ1n) is 8.95. The number of rotatable bonds is 9. The molecule has 7 heteroatoms. The molecule has 7 nitrogen and oxygen atoms in total. The highest BCUT2D eigenvalue weighted by Crippen LogP contribution is 2.30. The number of methoxy groups -OCH3 is 2. The average Bonchev–Trinajstić information content (AvgIpc) is 2.77. The summed E-state index contributed by atoms with van der Waals surface area (Å²) in [4.78, 5) is 12.4. The summed E-state index contributed by atoms with van der Waals surface area (Å²) in [5, 5.41) is 10.1. The lowest BCUT2D eigenvalue weighted by atomic mass is 10.1. The molecule has 0 fully saturated rings. The highest BCUT2D eigenvalue weighted by atomic mass is 16.5. The van der Waals surface area contributed by atoms with Crippen LogP contribution >= 0.6 is 0 Å². The Morgan fingerprint density at radius 1 is 1.04 bits per heavy atom. The van der Waals surface area contributed by atoms with Crippen molar-refractivity contribution in [1.82, 2.24) is 15.0 Å². The highest BCUT2D eigenvalue weighted by Gasteiger charge is 2.11. The fraction of sp³-hybridized carbons (Fsp3) is 0.286. The molecule has 1 aromatic carbocycles. The monoisotopic (exact) mass is 381 g/mol. The number of nitrogens with zero attached hydrogens (tertiary/aromatic N) is 3. The number of aryl methyl sites for hydroxylation is 1. The number of pyridine rings is 1. The Kier molecular flexibility index (Phi) is 6.75. The van der Waals surface area contributed by atoms with Crippen LogP contribution in [0.3, 0.4) is 0 Å². The van der Waals surface area contributed by atoms with E-state index >= 15 is 0 Å². The molecule has 0 saturated heterocycles. The molecule has 0 aliphatic carbocycles. The van der Waals surface area contributed by atoms with E-state index in [2.05, 4.69) is 15.0 Å². The molecule has 2 heterocycles. The van der Waals surface area contributed by atoms with E-state index in [0.29, 0.717) is 18.1 Å². The van der Waals surface area contributed by atoms with Crippen LogP contribution in [-0.4, -0.2) is 47.0 Å². The summed E-state index contributed by atoms with van der Waals surface area (Å²) in [6, 6.07) is 11.6. The van der Waals surface area contributed by atoms with Crippen molar-refractivity contribution < 1.29 is 19.3 Å². The second kappa shape index (κ2) is 9.66. The van der Waals surface area contributed by atoms with Crippen molar-refractivity contribution >= 4 is 0 Å². The van der Waals surface area contributed by atoms with Gasteiger partial charge in [-0.05, 0) is 42.2 Å². The third kappa shape index (κ3) is 5.17. The summed E-state index contributed by atoms with van der Waals surface area (Å²) in [5.74, 6) is 1.11. The Morgan fingerprint density at radius 2 is 1.86 bits per heavy atom. The molecule has 0 radical (unpaired) electrons. The van der Waals surface area contributed by atoms with Gasteiger partial charge < -0.3 is 19.3 Å². The number of hydrogen-bond donors (Lipinski definition) is 1. The Balaban J connectivity index is 1.56. The van der Waals surface area contributed by atoms with Gasteiger partial charge in [0, 0.05) is 18.6 Å². The fourth-order valence-corrected chi connectivity index (χ4v) is 2.69. The van der Waals surface area contributed by atoms with Crippen LogP contribution in [0.4, 0.5) is 0 Å². The minimum Gasteiger partial charge on any atom is -0.491 e. The molecule has 0 aliphatic rings. The minimum absolute atomic E-state index is 0.231. The van der Waals surface area contributed by atoms with Crippen molar-refractivity contribution in [1.29, 1.82) is 0 Å². The van der Waals surface area contributed by atoms with Gasteiger partial charge in [0.2, 0.25) is 5.88 Å². The lowest BCUT2D eigenvalue weighted by Crippen LogP contribution is -2.18. The van der Waals surface area contributed by atoms with E-state index < -0.39 is 6.10 Å². The quantitative estimate of drug-likeness (QED) is 0.610. The first-order chi connectivity index (χ1) is 13.7. The van der Waals surface area contributed by atoms with Gasteiger partial charge in [0.25, 0.3) is 0 Å². The zero-order valence-corrected chi connectivity index (χ0v) is 15.9. The van der Waals surface area contributed by atoms with E-state index in [9.17, 15) is 5.11 Å². The molecular weight excluding hydrogens is 358 g/mol. The molecule has 3 rings (SSSR count). The topological polar surface area (TPSA) is 86.6 Å². The van der Waals surface area contributed by atoms with Crippen LogP contribution in [0.15, 0.2) is 55.0 Å². The lowest BCUT2D eigenvalue weighted by molar-refractivity contribution is 0.100. The normalized spacial score (nSPS) is 11.7. The summed E-state index contributed by atoms with van der Waals surface area (Å²) in [6.07, 6.45) is 6.03. The van der Waals surface area contributed by atoms with Crippen molar-refractivity contribution in [3.05, 3.63) is 60.6 Å². The fourth-order valence-electron chi connectivity index (χ4n) is 2.69. The number of benzene rings is 1. The summed E-state index contributed by atoms with van der Waals surface area (Å²) in [7, 11) is 3.06. The molecule has 0 bridgehead atoms. The van der Waals surface area contributed by atoms with Crippen LogP contribution in [0.25, 0.3) is 11.1 Å².